The maximum atomic E-state index is 12.7. The molecular formula is C23H28N4O7S. The molecule has 0 heterocycles. The zero-order chi connectivity index (χ0) is 26.0. The molecule has 0 aliphatic carbocycles. The summed E-state index contributed by atoms with van der Waals surface area (Å²) in [5.74, 6) is -3.36. The lowest BCUT2D eigenvalue weighted by Gasteiger charge is -2.21. The Labute approximate surface area is 207 Å². The number of thiol groups is 1. The third kappa shape index (κ3) is 9.18. The number of hydrogen-bond donors (Lipinski definition) is 8. The number of rotatable bonds is 12. The molecule has 3 atom stereocenters. The Morgan fingerprint density at radius 2 is 1.31 bits per heavy atom. The molecule has 0 spiro atoms. The molecule has 35 heavy (non-hydrogen) atoms. The lowest BCUT2D eigenvalue weighted by molar-refractivity contribution is -0.141. The number of phenolic OH excluding ortho intramolecular Hbond substituents is 2. The van der Waals surface area contributed by atoms with Gasteiger partial charge in [0.15, 0.2) is 0 Å². The number of benzene rings is 2. The van der Waals surface area contributed by atoms with Crippen molar-refractivity contribution in [2.75, 3.05) is 12.3 Å². The molecular weight excluding hydrogens is 476 g/mol. The zero-order valence-corrected chi connectivity index (χ0v) is 19.6. The Bertz CT molecular complexity index is 1030. The molecule has 3 unspecified atom stereocenters. The Morgan fingerprint density at radius 1 is 0.800 bits per heavy atom. The van der Waals surface area contributed by atoms with E-state index in [9.17, 15) is 34.5 Å². The summed E-state index contributed by atoms with van der Waals surface area (Å²) in [7, 11) is 0. The predicted octanol–water partition coefficient (Wildman–Crippen LogP) is -0.689. The van der Waals surface area contributed by atoms with Gasteiger partial charge in [0.05, 0.1) is 12.6 Å². The summed E-state index contributed by atoms with van der Waals surface area (Å²) in [4.78, 5) is 48.7. The fraction of sp³-hybridized carbons (Fsp3) is 0.304. The van der Waals surface area contributed by atoms with Gasteiger partial charge in [-0.1, -0.05) is 24.3 Å². The Balaban J connectivity index is 1.98. The standard InChI is InChI=1S/C23H28N4O7S/c24-17(9-13-1-5-15(28)6-2-13)21(31)25-11-20(30)26-18(10-14-3-7-16(29)8-4-14)22(32)27-19(12-35)23(33)34/h1-8,17-19,28-29,35H,9-12,24H2,(H,25,31)(H,26,30)(H,27,32)(H,33,34). The Kier molecular flexibility index (Phi) is 10.4. The lowest BCUT2D eigenvalue weighted by atomic mass is 10.0. The van der Waals surface area contributed by atoms with E-state index in [0.717, 1.165) is 5.56 Å². The minimum atomic E-state index is -1.28. The van der Waals surface area contributed by atoms with Crippen molar-refractivity contribution in [3.63, 3.8) is 0 Å². The van der Waals surface area contributed by atoms with Crippen molar-refractivity contribution in [3.05, 3.63) is 59.7 Å². The van der Waals surface area contributed by atoms with E-state index in [4.69, 9.17) is 5.73 Å². The van der Waals surface area contributed by atoms with E-state index in [1.165, 1.54) is 24.3 Å². The highest BCUT2D eigenvalue weighted by Gasteiger charge is 2.26. The highest BCUT2D eigenvalue weighted by Crippen LogP contribution is 2.12. The number of hydrogen-bond acceptors (Lipinski definition) is 8. The predicted molar refractivity (Wildman–Crippen MR) is 130 cm³/mol. The fourth-order valence-corrected chi connectivity index (χ4v) is 3.30. The molecule has 2 rings (SSSR count). The molecule has 8 N–H and O–H groups in total. The van der Waals surface area contributed by atoms with Crippen molar-refractivity contribution in [2.45, 2.75) is 31.0 Å². The molecule has 0 saturated heterocycles. The number of carbonyl (C=O) groups is 4. The van der Waals surface area contributed by atoms with Crippen molar-refractivity contribution in [3.8, 4) is 11.5 Å². The van der Waals surface area contributed by atoms with E-state index in [2.05, 4.69) is 28.6 Å². The van der Waals surface area contributed by atoms with Gasteiger partial charge in [-0.3, -0.25) is 14.4 Å². The van der Waals surface area contributed by atoms with Gasteiger partial charge >= 0.3 is 5.97 Å². The molecule has 2 aromatic rings. The third-order valence-electron chi connectivity index (χ3n) is 4.98. The van der Waals surface area contributed by atoms with E-state index in [0.29, 0.717) is 5.56 Å². The first-order valence-corrected chi connectivity index (χ1v) is 11.2. The molecule has 3 amide bonds. The molecule has 0 aliphatic rings. The topological polar surface area (TPSA) is 191 Å². The summed E-state index contributed by atoms with van der Waals surface area (Å²) in [6.45, 7) is -0.462. The number of nitrogens with two attached hydrogens (primary N) is 1. The highest BCUT2D eigenvalue weighted by molar-refractivity contribution is 7.80. The van der Waals surface area contributed by atoms with Gasteiger partial charge in [0.25, 0.3) is 0 Å². The zero-order valence-electron chi connectivity index (χ0n) is 18.7. The van der Waals surface area contributed by atoms with Crippen LogP contribution in [0.2, 0.25) is 0 Å². The van der Waals surface area contributed by atoms with Crippen LogP contribution in [-0.2, 0) is 32.0 Å². The molecule has 0 saturated carbocycles. The normalized spacial score (nSPS) is 13.2. The van der Waals surface area contributed by atoms with Crippen molar-refractivity contribution >= 4 is 36.3 Å². The average Bonchev–Trinajstić information content (AvgIpc) is 2.82. The number of carboxylic acid groups (broad SMARTS) is 1. The van der Waals surface area contributed by atoms with Gasteiger partial charge in [-0.25, -0.2) is 4.79 Å². The van der Waals surface area contributed by atoms with Crippen LogP contribution in [0.15, 0.2) is 48.5 Å². The molecule has 0 fully saturated rings. The number of carboxylic acids is 1. The minimum absolute atomic E-state index is 0.00504. The first-order chi connectivity index (χ1) is 16.6. The number of aromatic hydroxyl groups is 2. The highest BCUT2D eigenvalue weighted by atomic mass is 32.1. The summed E-state index contributed by atoms with van der Waals surface area (Å²) in [5, 5.41) is 35.1. The number of nitrogens with one attached hydrogen (secondary N) is 3. The van der Waals surface area contributed by atoms with Gasteiger partial charge in [0.2, 0.25) is 17.7 Å². The Hall–Kier alpha value is -3.77. The van der Waals surface area contributed by atoms with Crippen LogP contribution < -0.4 is 21.7 Å². The van der Waals surface area contributed by atoms with E-state index in [1.54, 1.807) is 24.3 Å². The van der Waals surface area contributed by atoms with Crippen molar-refractivity contribution in [1.82, 2.24) is 16.0 Å². The van der Waals surface area contributed by atoms with Gasteiger partial charge in [0, 0.05) is 12.2 Å². The van der Waals surface area contributed by atoms with E-state index in [1.807, 2.05) is 0 Å². The summed E-state index contributed by atoms with van der Waals surface area (Å²) in [5.41, 5.74) is 7.20. The molecule has 12 heteroatoms. The largest absolute Gasteiger partial charge is 0.508 e. The van der Waals surface area contributed by atoms with Crippen LogP contribution in [0.3, 0.4) is 0 Å². The summed E-state index contributed by atoms with van der Waals surface area (Å²) < 4.78 is 0. The fourth-order valence-electron chi connectivity index (χ4n) is 3.06. The van der Waals surface area contributed by atoms with Gasteiger partial charge < -0.3 is 37.0 Å². The summed E-state index contributed by atoms with van der Waals surface area (Å²) >= 11 is 3.91. The molecule has 0 radical (unpaired) electrons. The van der Waals surface area contributed by atoms with Crippen molar-refractivity contribution in [1.29, 1.82) is 0 Å². The number of phenols is 2. The molecule has 11 nitrogen and oxygen atoms in total. The van der Waals surface area contributed by atoms with Crippen LogP contribution in [0, 0.1) is 0 Å². The second kappa shape index (κ2) is 13.2. The molecule has 0 aliphatic heterocycles. The number of amides is 3. The van der Waals surface area contributed by atoms with Crippen molar-refractivity contribution in [2.24, 2.45) is 5.73 Å². The van der Waals surface area contributed by atoms with Gasteiger partial charge in [-0.05, 0) is 41.8 Å². The Morgan fingerprint density at radius 3 is 1.80 bits per heavy atom. The maximum Gasteiger partial charge on any atom is 0.327 e. The third-order valence-corrected chi connectivity index (χ3v) is 5.34. The van der Waals surface area contributed by atoms with Crippen LogP contribution >= 0.6 is 12.6 Å². The second-order valence-corrected chi connectivity index (χ2v) is 8.13. The van der Waals surface area contributed by atoms with Crippen LogP contribution in [0.25, 0.3) is 0 Å². The minimum Gasteiger partial charge on any atom is -0.508 e. The first-order valence-electron chi connectivity index (χ1n) is 10.6. The van der Waals surface area contributed by atoms with Gasteiger partial charge in [-0.15, -0.1) is 0 Å². The molecule has 188 valence electrons. The second-order valence-electron chi connectivity index (χ2n) is 7.77. The monoisotopic (exact) mass is 504 g/mol. The lowest BCUT2D eigenvalue weighted by Crippen LogP contribution is -2.55. The first kappa shape index (κ1) is 27.5. The van der Waals surface area contributed by atoms with Crippen molar-refractivity contribution < 1.29 is 34.5 Å². The number of aliphatic carboxylic acids is 1. The summed E-state index contributed by atoms with van der Waals surface area (Å²) in [6, 6.07) is 8.75. The molecule has 0 aromatic heterocycles. The summed E-state index contributed by atoms with van der Waals surface area (Å²) in [6.07, 6.45) is 0.186. The molecule has 0 bridgehead atoms. The van der Waals surface area contributed by atoms with E-state index >= 15 is 0 Å². The van der Waals surface area contributed by atoms with E-state index in [-0.39, 0.29) is 30.1 Å². The van der Waals surface area contributed by atoms with Gasteiger partial charge in [-0.2, -0.15) is 12.6 Å². The van der Waals surface area contributed by atoms with Gasteiger partial charge in [0.1, 0.15) is 23.6 Å². The SMILES string of the molecule is NC(Cc1ccc(O)cc1)C(=O)NCC(=O)NC(Cc1ccc(O)cc1)C(=O)NC(CS)C(=O)O. The van der Waals surface area contributed by atoms with Crippen LogP contribution in [-0.4, -0.2) is 69.4 Å². The quantitative estimate of drug-likeness (QED) is 0.174. The number of carbonyl (C=O) groups excluding carboxylic acids is 3. The average molecular weight is 505 g/mol. The van der Waals surface area contributed by atoms with E-state index < -0.39 is 48.4 Å². The molecule has 2 aromatic carbocycles. The smallest absolute Gasteiger partial charge is 0.327 e. The van der Waals surface area contributed by atoms with Crippen LogP contribution in [0.1, 0.15) is 11.1 Å². The maximum absolute atomic E-state index is 12.7. The van der Waals surface area contributed by atoms with Crippen LogP contribution in [0.4, 0.5) is 0 Å². The van der Waals surface area contributed by atoms with Crippen LogP contribution in [0.5, 0.6) is 11.5 Å².